The summed E-state index contributed by atoms with van der Waals surface area (Å²) in [6, 6.07) is 2.07. The highest BCUT2D eigenvalue weighted by molar-refractivity contribution is 7.89. The summed E-state index contributed by atoms with van der Waals surface area (Å²) < 4.78 is 36.3. The third kappa shape index (κ3) is 6.09. The Hall–Kier alpha value is -3.30. The van der Waals surface area contributed by atoms with Gasteiger partial charge in [-0.1, -0.05) is 12.1 Å². The summed E-state index contributed by atoms with van der Waals surface area (Å²) in [7, 11) is -3.25. The first-order valence-corrected chi connectivity index (χ1v) is 12.6. The number of carbonyl (C=O) groups excluding carboxylic acids is 3. The summed E-state index contributed by atoms with van der Waals surface area (Å²) in [5.74, 6) is -1.23. The first kappa shape index (κ1) is 27.3. The molecule has 2 fully saturated rings. The first-order valence-electron chi connectivity index (χ1n) is 11.1. The van der Waals surface area contributed by atoms with Crippen molar-refractivity contribution in [2.45, 2.75) is 62.2 Å². The van der Waals surface area contributed by atoms with Crippen molar-refractivity contribution in [2.24, 2.45) is 0 Å². The van der Waals surface area contributed by atoms with E-state index in [1.807, 2.05) is 0 Å². The molecule has 0 unspecified atom stereocenters. The SMILES string of the molecule is COC(=O)[C@@H]1CC[C@@H]2CN(NS(=O)(=O)c3ccccc3[N+](=O)[O-])C[C@H](NC(=O)OC(C)(C)C)C(=O)N21. The Bertz CT molecular complexity index is 1150. The number of benzene rings is 1. The maximum atomic E-state index is 13.4. The number of esters is 1. The lowest BCUT2D eigenvalue weighted by Crippen LogP contribution is -2.55. The normalized spacial score (nSPS) is 22.9. The van der Waals surface area contributed by atoms with Crippen molar-refractivity contribution in [2.75, 3.05) is 20.2 Å². The number of ether oxygens (including phenoxy) is 2. The van der Waals surface area contributed by atoms with Gasteiger partial charge < -0.3 is 19.7 Å². The molecule has 1 aromatic rings. The van der Waals surface area contributed by atoms with E-state index in [4.69, 9.17) is 9.47 Å². The number of nitro benzene ring substituents is 1. The number of para-hydroxylation sites is 1. The van der Waals surface area contributed by atoms with Crippen LogP contribution in [0.25, 0.3) is 0 Å². The lowest BCUT2D eigenvalue weighted by atomic mass is 10.2. The highest BCUT2D eigenvalue weighted by atomic mass is 32.2. The first-order chi connectivity index (χ1) is 16.7. The van der Waals surface area contributed by atoms with Crippen LogP contribution in [0.5, 0.6) is 0 Å². The molecule has 2 aliphatic rings. The largest absolute Gasteiger partial charge is 0.467 e. The van der Waals surface area contributed by atoms with Crippen LogP contribution in [0, 0.1) is 10.1 Å². The molecule has 0 spiro atoms. The zero-order chi connectivity index (χ0) is 26.8. The molecule has 2 saturated heterocycles. The van der Waals surface area contributed by atoms with Crippen LogP contribution in [0.1, 0.15) is 33.6 Å². The summed E-state index contributed by atoms with van der Waals surface area (Å²) in [4.78, 5) is 51.8. The number of fused-ring (bicyclic) bond motifs is 1. The lowest BCUT2D eigenvalue weighted by Gasteiger charge is -2.29. The number of hydrogen-bond donors (Lipinski definition) is 2. The minimum absolute atomic E-state index is 0.0361. The third-order valence-electron chi connectivity index (χ3n) is 5.65. The highest BCUT2D eigenvalue weighted by Crippen LogP contribution is 2.29. The summed E-state index contributed by atoms with van der Waals surface area (Å²) in [6.45, 7) is 4.56. The molecule has 1 aromatic carbocycles. The minimum atomic E-state index is -4.44. The number of methoxy groups -OCH3 is 1. The monoisotopic (exact) mass is 527 g/mol. The molecule has 15 heteroatoms. The fraction of sp³-hybridized carbons (Fsp3) is 0.571. The number of alkyl carbamates (subject to hydrolysis) is 1. The van der Waals surface area contributed by atoms with Crippen LogP contribution in [0.15, 0.2) is 29.2 Å². The molecule has 36 heavy (non-hydrogen) atoms. The summed E-state index contributed by atoms with van der Waals surface area (Å²) in [5, 5.41) is 15.0. The molecule has 14 nitrogen and oxygen atoms in total. The van der Waals surface area contributed by atoms with Crippen molar-refractivity contribution in [3.63, 3.8) is 0 Å². The van der Waals surface area contributed by atoms with Crippen LogP contribution in [-0.2, 0) is 29.1 Å². The van der Waals surface area contributed by atoms with Gasteiger partial charge >= 0.3 is 12.1 Å². The molecule has 2 heterocycles. The lowest BCUT2D eigenvalue weighted by molar-refractivity contribution is -0.387. The Morgan fingerprint density at radius 2 is 1.83 bits per heavy atom. The summed E-state index contributed by atoms with van der Waals surface area (Å²) >= 11 is 0. The number of hydrazine groups is 1. The molecule has 0 saturated carbocycles. The Morgan fingerprint density at radius 1 is 1.17 bits per heavy atom. The van der Waals surface area contributed by atoms with Crippen LogP contribution in [0.4, 0.5) is 10.5 Å². The van der Waals surface area contributed by atoms with Gasteiger partial charge in [0.1, 0.15) is 17.7 Å². The molecule has 2 aliphatic heterocycles. The van der Waals surface area contributed by atoms with Gasteiger partial charge in [-0.05, 0) is 39.7 Å². The van der Waals surface area contributed by atoms with E-state index in [1.165, 1.54) is 29.2 Å². The van der Waals surface area contributed by atoms with Crippen LogP contribution in [0.3, 0.4) is 0 Å². The number of nitrogens with one attached hydrogen (secondary N) is 2. The van der Waals surface area contributed by atoms with Gasteiger partial charge in [-0.15, -0.1) is 4.83 Å². The highest BCUT2D eigenvalue weighted by Gasteiger charge is 2.48. The van der Waals surface area contributed by atoms with E-state index in [2.05, 4.69) is 10.1 Å². The van der Waals surface area contributed by atoms with Gasteiger partial charge in [-0.2, -0.15) is 0 Å². The molecule has 3 atom stereocenters. The number of rotatable bonds is 6. The van der Waals surface area contributed by atoms with Gasteiger partial charge in [0.25, 0.3) is 15.7 Å². The molecule has 0 aliphatic carbocycles. The van der Waals surface area contributed by atoms with E-state index >= 15 is 0 Å². The van der Waals surface area contributed by atoms with Crippen molar-refractivity contribution >= 4 is 33.7 Å². The van der Waals surface area contributed by atoms with Gasteiger partial charge in [0.05, 0.1) is 12.0 Å². The second kappa shape index (κ2) is 10.4. The predicted molar refractivity (Wildman–Crippen MR) is 124 cm³/mol. The number of sulfonamides is 1. The van der Waals surface area contributed by atoms with Gasteiger partial charge in [0, 0.05) is 25.2 Å². The van der Waals surface area contributed by atoms with Crippen molar-refractivity contribution in [3.8, 4) is 0 Å². The van der Waals surface area contributed by atoms with Crippen molar-refractivity contribution < 1.29 is 37.2 Å². The number of carbonyl (C=O) groups is 3. The molecular formula is C21H29N5O9S. The fourth-order valence-corrected chi connectivity index (χ4v) is 5.52. The summed E-state index contributed by atoms with van der Waals surface area (Å²) in [5.41, 5.74) is -1.48. The molecule has 2 N–H and O–H groups in total. The van der Waals surface area contributed by atoms with Crippen LogP contribution < -0.4 is 10.1 Å². The van der Waals surface area contributed by atoms with Crippen LogP contribution >= 0.6 is 0 Å². The van der Waals surface area contributed by atoms with E-state index in [-0.39, 0.29) is 19.5 Å². The van der Waals surface area contributed by atoms with E-state index < -0.39 is 67.2 Å². The minimum Gasteiger partial charge on any atom is -0.467 e. The van der Waals surface area contributed by atoms with E-state index in [9.17, 15) is 32.9 Å². The Morgan fingerprint density at radius 3 is 2.44 bits per heavy atom. The maximum absolute atomic E-state index is 13.4. The van der Waals surface area contributed by atoms with Crippen LogP contribution in [-0.4, -0.2) is 85.1 Å². The quantitative estimate of drug-likeness (QED) is 0.301. The second-order valence-electron chi connectivity index (χ2n) is 9.44. The number of nitrogens with zero attached hydrogens (tertiary/aromatic N) is 3. The Balaban J connectivity index is 1.93. The standard InChI is InChI=1S/C21H29N5O9S/c1-21(2,3)35-20(29)22-14-12-24(11-13-9-10-16(19(28)34-4)25(13)18(14)27)23-36(32,33)17-8-6-5-7-15(17)26(30)31/h5-8,13-14,16,23H,9-12H2,1-4H3,(H,22,29)/t13-,14+,16+/m1/s1. The molecule has 198 valence electrons. The average Bonchev–Trinajstić information content (AvgIpc) is 3.14. The molecular weight excluding hydrogens is 498 g/mol. The van der Waals surface area contributed by atoms with Crippen LogP contribution in [0.2, 0.25) is 0 Å². The maximum Gasteiger partial charge on any atom is 0.408 e. The van der Waals surface area contributed by atoms with Gasteiger partial charge in [0.15, 0.2) is 4.90 Å². The van der Waals surface area contributed by atoms with Crippen molar-refractivity contribution in [1.82, 2.24) is 20.1 Å². The molecule has 2 amide bonds. The van der Waals surface area contributed by atoms with E-state index in [0.717, 1.165) is 12.1 Å². The molecule has 3 rings (SSSR count). The Kier molecular flexibility index (Phi) is 7.85. The number of hydrogen-bond acceptors (Lipinski definition) is 10. The van der Waals surface area contributed by atoms with Crippen molar-refractivity contribution in [1.29, 1.82) is 0 Å². The zero-order valence-corrected chi connectivity index (χ0v) is 21.1. The smallest absolute Gasteiger partial charge is 0.408 e. The average molecular weight is 528 g/mol. The number of nitro groups is 1. The van der Waals surface area contributed by atoms with E-state index in [0.29, 0.717) is 6.42 Å². The van der Waals surface area contributed by atoms with Crippen molar-refractivity contribution in [3.05, 3.63) is 34.4 Å². The van der Waals surface area contributed by atoms with Gasteiger partial charge in [-0.3, -0.25) is 14.9 Å². The molecule has 0 aromatic heterocycles. The number of amides is 2. The summed E-state index contributed by atoms with van der Waals surface area (Å²) in [6.07, 6.45) is -0.254. The second-order valence-corrected chi connectivity index (χ2v) is 11.1. The van der Waals surface area contributed by atoms with E-state index in [1.54, 1.807) is 20.8 Å². The predicted octanol–water partition coefficient (Wildman–Crippen LogP) is 0.530. The topological polar surface area (TPSA) is 177 Å². The molecule has 0 radical (unpaired) electrons. The zero-order valence-electron chi connectivity index (χ0n) is 20.3. The fourth-order valence-electron chi connectivity index (χ4n) is 4.26. The molecule has 0 bridgehead atoms. The Labute approximate surface area is 208 Å². The van der Waals surface area contributed by atoms with Gasteiger partial charge in [0.2, 0.25) is 5.91 Å². The van der Waals surface area contributed by atoms with Gasteiger partial charge in [-0.25, -0.2) is 23.0 Å². The third-order valence-corrected chi connectivity index (χ3v) is 7.08.